The maximum Gasteiger partial charge on any atom is 0.173 e. The van der Waals surface area contributed by atoms with E-state index in [1.807, 2.05) is 30.3 Å². The molecule has 0 amide bonds. The fraction of sp³-hybridized carbons (Fsp3) is 0.0870. The van der Waals surface area contributed by atoms with E-state index in [-0.39, 0.29) is 5.78 Å². The molecule has 0 aliphatic rings. The van der Waals surface area contributed by atoms with E-state index in [9.17, 15) is 4.79 Å². The second-order valence-electron chi connectivity index (χ2n) is 6.26. The number of hydrogen-bond donors (Lipinski definition) is 0. The molecule has 4 rings (SSSR count). The number of carbonyl (C=O) groups is 1. The zero-order valence-corrected chi connectivity index (χ0v) is 16.1. The van der Waals surface area contributed by atoms with Crippen molar-refractivity contribution in [3.63, 3.8) is 0 Å². The summed E-state index contributed by atoms with van der Waals surface area (Å²) in [5.41, 5.74) is 2.50. The summed E-state index contributed by atoms with van der Waals surface area (Å²) in [7, 11) is 1.60. The van der Waals surface area contributed by atoms with E-state index >= 15 is 0 Å². The molecule has 4 aromatic rings. The number of aromatic nitrogens is 2. The highest BCUT2D eigenvalue weighted by molar-refractivity contribution is 7.99. The second-order valence-corrected chi connectivity index (χ2v) is 7.25. The normalized spacial score (nSPS) is 10.8. The van der Waals surface area contributed by atoms with Crippen LogP contribution in [0, 0.1) is 0 Å². The molecule has 5 heteroatoms. The van der Waals surface area contributed by atoms with Gasteiger partial charge in [-0.15, -0.1) is 10.2 Å². The van der Waals surface area contributed by atoms with Gasteiger partial charge in [-0.3, -0.25) is 4.79 Å². The number of fused-ring (bicyclic) bond motifs is 1. The standard InChI is InChI=1S/C23H18N2O2S/c1-27-20-10-8-17(9-11-20)22(26)15-28-23-13-12-21(24-25-23)19-7-6-16-4-2-3-5-18(16)14-19/h2-14H,15H2,1H3. The first-order valence-electron chi connectivity index (χ1n) is 8.86. The van der Waals surface area contributed by atoms with Crippen LogP contribution >= 0.6 is 11.8 Å². The highest BCUT2D eigenvalue weighted by Crippen LogP contribution is 2.24. The van der Waals surface area contributed by atoms with Crippen LogP contribution in [0.1, 0.15) is 10.4 Å². The van der Waals surface area contributed by atoms with Gasteiger partial charge in [0.2, 0.25) is 0 Å². The van der Waals surface area contributed by atoms with Crippen LogP contribution in [0.25, 0.3) is 22.0 Å². The summed E-state index contributed by atoms with van der Waals surface area (Å²) in [6, 6.07) is 25.4. The number of carbonyl (C=O) groups excluding carboxylic acids is 1. The van der Waals surface area contributed by atoms with Gasteiger partial charge in [-0.25, -0.2) is 0 Å². The van der Waals surface area contributed by atoms with Crippen LogP contribution in [0.5, 0.6) is 5.75 Å². The molecule has 0 saturated carbocycles. The molecule has 0 unspecified atom stereocenters. The summed E-state index contributed by atoms with van der Waals surface area (Å²) >= 11 is 1.39. The number of rotatable bonds is 6. The second kappa shape index (κ2) is 8.23. The van der Waals surface area contributed by atoms with Crippen molar-refractivity contribution < 1.29 is 9.53 Å². The molecule has 3 aromatic carbocycles. The predicted molar refractivity (Wildman–Crippen MR) is 113 cm³/mol. The molecule has 4 nitrogen and oxygen atoms in total. The summed E-state index contributed by atoms with van der Waals surface area (Å²) in [5.74, 6) is 1.10. The van der Waals surface area contributed by atoms with Crippen LogP contribution in [-0.4, -0.2) is 28.8 Å². The Labute approximate surface area is 167 Å². The zero-order chi connectivity index (χ0) is 19.3. The van der Waals surface area contributed by atoms with Crippen molar-refractivity contribution >= 4 is 28.3 Å². The Kier molecular flexibility index (Phi) is 5.35. The van der Waals surface area contributed by atoms with E-state index in [4.69, 9.17) is 4.74 Å². The van der Waals surface area contributed by atoms with Crippen LogP contribution in [0.3, 0.4) is 0 Å². The number of thioether (sulfide) groups is 1. The minimum Gasteiger partial charge on any atom is -0.497 e. The smallest absolute Gasteiger partial charge is 0.173 e. The van der Waals surface area contributed by atoms with Crippen molar-refractivity contribution in [1.29, 1.82) is 0 Å². The lowest BCUT2D eigenvalue weighted by molar-refractivity contribution is 0.102. The Hall–Kier alpha value is -3.18. The Balaban J connectivity index is 1.43. The van der Waals surface area contributed by atoms with E-state index < -0.39 is 0 Å². The van der Waals surface area contributed by atoms with Crippen LogP contribution in [-0.2, 0) is 0 Å². The lowest BCUT2D eigenvalue weighted by Crippen LogP contribution is -2.02. The molecule has 138 valence electrons. The maximum atomic E-state index is 12.3. The van der Waals surface area contributed by atoms with Gasteiger partial charge in [0.15, 0.2) is 5.78 Å². The topological polar surface area (TPSA) is 52.1 Å². The number of methoxy groups -OCH3 is 1. The van der Waals surface area contributed by atoms with E-state index in [1.165, 1.54) is 22.5 Å². The molecular formula is C23H18N2O2S. The molecular weight excluding hydrogens is 368 g/mol. The lowest BCUT2D eigenvalue weighted by Gasteiger charge is -2.05. The van der Waals surface area contributed by atoms with Gasteiger partial charge in [-0.1, -0.05) is 48.2 Å². The first kappa shape index (κ1) is 18.2. The quantitative estimate of drug-likeness (QED) is 0.333. The number of Topliss-reactive ketones (excluding diaryl/α,β-unsaturated/α-hetero) is 1. The molecule has 0 aliphatic heterocycles. The third kappa shape index (κ3) is 4.05. The Morgan fingerprint density at radius 3 is 2.39 bits per heavy atom. The highest BCUT2D eigenvalue weighted by atomic mass is 32.2. The maximum absolute atomic E-state index is 12.3. The zero-order valence-electron chi connectivity index (χ0n) is 15.3. The molecule has 0 bridgehead atoms. The highest BCUT2D eigenvalue weighted by Gasteiger charge is 2.09. The molecule has 0 atom stereocenters. The number of nitrogens with zero attached hydrogens (tertiary/aromatic N) is 2. The van der Waals surface area contributed by atoms with Crippen molar-refractivity contribution in [3.8, 4) is 17.0 Å². The molecule has 0 spiro atoms. The predicted octanol–water partition coefficient (Wildman–Crippen LogP) is 5.28. The minimum atomic E-state index is 0.0491. The molecule has 0 N–H and O–H groups in total. The van der Waals surface area contributed by atoms with Crippen molar-refractivity contribution in [3.05, 3.63) is 84.4 Å². The van der Waals surface area contributed by atoms with E-state index in [2.05, 4.69) is 34.5 Å². The van der Waals surface area contributed by atoms with Gasteiger partial charge in [0.1, 0.15) is 10.8 Å². The van der Waals surface area contributed by atoms with Crippen molar-refractivity contribution in [2.45, 2.75) is 5.03 Å². The number of benzene rings is 3. The van der Waals surface area contributed by atoms with Crippen LogP contribution in [0.4, 0.5) is 0 Å². The SMILES string of the molecule is COc1ccc(C(=O)CSc2ccc(-c3ccc4ccccc4c3)nn2)cc1. The van der Waals surface area contributed by atoms with Crippen molar-refractivity contribution in [2.75, 3.05) is 12.9 Å². The van der Waals surface area contributed by atoms with E-state index in [0.29, 0.717) is 11.3 Å². The van der Waals surface area contributed by atoms with Gasteiger partial charge >= 0.3 is 0 Å². The summed E-state index contributed by atoms with van der Waals surface area (Å²) in [6.07, 6.45) is 0. The average Bonchev–Trinajstić information content (AvgIpc) is 2.77. The molecule has 1 heterocycles. The minimum absolute atomic E-state index is 0.0491. The molecule has 28 heavy (non-hydrogen) atoms. The van der Waals surface area contributed by atoms with Crippen LogP contribution in [0.2, 0.25) is 0 Å². The van der Waals surface area contributed by atoms with Crippen molar-refractivity contribution in [1.82, 2.24) is 10.2 Å². The number of hydrogen-bond acceptors (Lipinski definition) is 5. The van der Waals surface area contributed by atoms with Gasteiger partial charge in [0, 0.05) is 11.1 Å². The Morgan fingerprint density at radius 1 is 0.893 bits per heavy atom. The summed E-state index contributed by atoms with van der Waals surface area (Å²) in [4.78, 5) is 12.3. The molecule has 0 saturated heterocycles. The summed E-state index contributed by atoms with van der Waals surface area (Å²) in [6.45, 7) is 0. The van der Waals surface area contributed by atoms with Crippen molar-refractivity contribution in [2.24, 2.45) is 0 Å². The van der Waals surface area contributed by atoms with Gasteiger partial charge < -0.3 is 4.74 Å². The van der Waals surface area contributed by atoms with E-state index in [1.54, 1.807) is 31.4 Å². The fourth-order valence-corrected chi connectivity index (χ4v) is 3.61. The van der Waals surface area contributed by atoms with Crippen LogP contribution < -0.4 is 4.74 Å². The van der Waals surface area contributed by atoms with Crippen LogP contribution in [0.15, 0.2) is 83.9 Å². The first-order chi connectivity index (χ1) is 13.7. The summed E-state index contributed by atoms with van der Waals surface area (Å²) in [5, 5.41) is 11.7. The van der Waals surface area contributed by atoms with Gasteiger partial charge in [0.05, 0.1) is 18.6 Å². The molecule has 0 radical (unpaired) electrons. The monoisotopic (exact) mass is 386 g/mol. The third-order valence-corrected chi connectivity index (χ3v) is 5.37. The largest absolute Gasteiger partial charge is 0.497 e. The number of ketones is 1. The van der Waals surface area contributed by atoms with E-state index in [0.717, 1.165) is 22.0 Å². The molecule has 0 fully saturated rings. The third-order valence-electron chi connectivity index (χ3n) is 4.45. The van der Waals surface area contributed by atoms with Gasteiger partial charge in [0.25, 0.3) is 0 Å². The first-order valence-corrected chi connectivity index (χ1v) is 9.84. The average molecular weight is 386 g/mol. The lowest BCUT2D eigenvalue weighted by atomic mass is 10.1. The van der Waals surface area contributed by atoms with Gasteiger partial charge in [-0.05, 0) is 53.2 Å². The number of ether oxygens (including phenoxy) is 1. The Morgan fingerprint density at radius 2 is 1.68 bits per heavy atom. The molecule has 0 aliphatic carbocycles. The fourth-order valence-electron chi connectivity index (χ4n) is 2.90. The molecule has 1 aromatic heterocycles. The summed E-state index contributed by atoms with van der Waals surface area (Å²) < 4.78 is 5.11. The van der Waals surface area contributed by atoms with Gasteiger partial charge in [-0.2, -0.15) is 0 Å². The Bertz CT molecular complexity index is 1110.